The van der Waals surface area contributed by atoms with Crippen molar-refractivity contribution in [2.45, 2.75) is 38.7 Å². The van der Waals surface area contributed by atoms with Crippen LogP contribution in [0.25, 0.3) is 0 Å². The van der Waals surface area contributed by atoms with E-state index in [4.69, 9.17) is 0 Å². The standard InChI is InChI=1S/C14H18F4N2.ClH/c1-9-6-20(7-10(2)19-9)8-11-3-4-13(15)12(5-11)14(16,17)18;/h3-5,9-10,19H,6-8H2,1-2H3;1H. The summed E-state index contributed by atoms with van der Waals surface area (Å²) in [5.74, 6) is -1.22. The minimum Gasteiger partial charge on any atom is -0.309 e. The fraction of sp³-hybridized carbons (Fsp3) is 0.571. The number of rotatable bonds is 2. The van der Waals surface area contributed by atoms with Crippen LogP contribution in [0.4, 0.5) is 17.6 Å². The highest BCUT2D eigenvalue weighted by Gasteiger charge is 2.34. The van der Waals surface area contributed by atoms with Crippen LogP contribution in [0.15, 0.2) is 18.2 Å². The predicted octanol–water partition coefficient (Wildman–Crippen LogP) is 3.45. The number of nitrogens with zero attached hydrogens (tertiary/aromatic N) is 1. The molecule has 1 aliphatic heterocycles. The van der Waals surface area contributed by atoms with Crippen molar-refractivity contribution in [3.63, 3.8) is 0 Å². The number of nitrogens with one attached hydrogen (secondary N) is 1. The fourth-order valence-electron chi connectivity index (χ4n) is 2.72. The lowest BCUT2D eigenvalue weighted by Gasteiger charge is -2.36. The summed E-state index contributed by atoms with van der Waals surface area (Å²) < 4.78 is 51.2. The van der Waals surface area contributed by atoms with Crippen LogP contribution in [0.3, 0.4) is 0 Å². The number of piperazine rings is 1. The second-order valence-corrected chi connectivity index (χ2v) is 5.47. The molecule has 0 amide bonds. The summed E-state index contributed by atoms with van der Waals surface area (Å²) in [7, 11) is 0. The molecule has 1 fully saturated rings. The molecule has 1 aliphatic rings. The van der Waals surface area contributed by atoms with Crippen molar-refractivity contribution < 1.29 is 17.6 Å². The molecule has 0 radical (unpaired) electrons. The third-order valence-electron chi connectivity index (χ3n) is 3.38. The topological polar surface area (TPSA) is 15.3 Å². The molecule has 2 atom stereocenters. The van der Waals surface area contributed by atoms with Gasteiger partial charge in [0.25, 0.3) is 0 Å². The maximum absolute atomic E-state index is 13.2. The molecule has 0 aliphatic carbocycles. The van der Waals surface area contributed by atoms with E-state index in [1.807, 2.05) is 13.8 Å². The van der Waals surface area contributed by atoms with Crippen LogP contribution in [0.2, 0.25) is 0 Å². The third kappa shape index (κ3) is 4.83. The first kappa shape index (κ1) is 18.2. The fourth-order valence-corrected chi connectivity index (χ4v) is 2.72. The van der Waals surface area contributed by atoms with Gasteiger partial charge in [-0.25, -0.2) is 4.39 Å². The van der Waals surface area contributed by atoms with Crippen LogP contribution in [-0.4, -0.2) is 30.1 Å². The Hall–Kier alpha value is -0.850. The highest BCUT2D eigenvalue weighted by molar-refractivity contribution is 5.85. The van der Waals surface area contributed by atoms with E-state index in [9.17, 15) is 17.6 Å². The zero-order chi connectivity index (χ0) is 14.9. The lowest BCUT2D eigenvalue weighted by Crippen LogP contribution is -2.53. The highest BCUT2D eigenvalue weighted by atomic mass is 35.5. The molecular weight excluding hydrogens is 308 g/mol. The average molecular weight is 327 g/mol. The van der Waals surface area contributed by atoms with Gasteiger partial charge in [-0.15, -0.1) is 12.4 Å². The summed E-state index contributed by atoms with van der Waals surface area (Å²) in [6.07, 6.45) is -4.65. The Morgan fingerprint density at radius 2 is 1.76 bits per heavy atom. The van der Waals surface area contributed by atoms with E-state index in [2.05, 4.69) is 10.2 Å². The average Bonchev–Trinajstić information content (AvgIpc) is 2.29. The van der Waals surface area contributed by atoms with Crippen LogP contribution < -0.4 is 5.32 Å². The van der Waals surface area contributed by atoms with Crippen LogP contribution in [0.5, 0.6) is 0 Å². The van der Waals surface area contributed by atoms with Gasteiger partial charge in [-0.2, -0.15) is 13.2 Å². The normalized spacial score (nSPS) is 23.7. The lowest BCUT2D eigenvalue weighted by molar-refractivity contribution is -0.140. The largest absolute Gasteiger partial charge is 0.419 e. The Labute approximate surface area is 127 Å². The van der Waals surface area contributed by atoms with Gasteiger partial charge in [0.15, 0.2) is 0 Å². The molecule has 120 valence electrons. The SMILES string of the molecule is CC1CN(Cc2ccc(F)c(C(F)(F)F)c2)CC(C)N1.Cl. The third-order valence-corrected chi connectivity index (χ3v) is 3.38. The summed E-state index contributed by atoms with van der Waals surface area (Å²) >= 11 is 0. The Morgan fingerprint density at radius 1 is 1.19 bits per heavy atom. The molecule has 1 aromatic carbocycles. The summed E-state index contributed by atoms with van der Waals surface area (Å²) in [5, 5.41) is 3.36. The molecule has 1 aromatic rings. The minimum absolute atomic E-state index is 0. The van der Waals surface area contributed by atoms with E-state index in [1.165, 1.54) is 6.07 Å². The molecule has 0 bridgehead atoms. The molecule has 2 nitrogen and oxygen atoms in total. The zero-order valence-corrected chi connectivity index (χ0v) is 12.7. The summed E-state index contributed by atoms with van der Waals surface area (Å²) in [5.41, 5.74) is -0.703. The maximum atomic E-state index is 13.2. The van der Waals surface area contributed by atoms with Gasteiger partial charge in [-0.3, -0.25) is 4.90 Å². The van der Waals surface area contributed by atoms with Gasteiger partial charge < -0.3 is 5.32 Å². The molecular formula is C14H19ClF4N2. The maximum Gasteiger partial charge on any atom is 0.419 e. The first-order chi connectivity index (χ1) is 9.25. The molecule has 2 unspecified atom stereocenters. The molecule has 21 heavy (non-hydrogen) atoms. The van der Waals surface area contributed by atoms with Crippen molar-refractivity contribution in [3.05, 3.63) is 35.1 Å². The van der Waals surface area contributed by atoms with Crippen molar-refractivity contribution in [3.8, 4) is 0 Å². The van der Waals surface area contributed by atoms with Gasteiger partial charge in [0.05, 0.1) is 5.56 Å². The Bertz CT molecular complexity index is 469. The van der Waals surface area contributed by atoms with Crippen molar-refractivity contribution in [1.29, 1.82) is 0 Å². The van der Waals surface area contributed by atoms with Gasteiger partial charge in [0, 0.05) is 31.7 Å². The number of alkyl halides is 3. The van der Waals surface area contributed by atoms with Gasteiger partial charge >= 0.3 is 6.18 Å². The molecule has 1 heterocycles. The molecule has 0 saturated carbocycles. The van der Waals surface area contributed by atoms with E-state index in [0.29, 0.717) is 24.2 Å². The quantitative estimate of drug-likeness (QED) is 0.837. The van der Waals surface area contributed by atoms with E-state index < -0.39 is 17.6 Å². The van der Waals surface area contributed by atoms with Gasteiger partial charge in [0.2, 0.25) is 0 Å². The van der Waals surface area contributed by atoms with E-state index >= 15 is 0 Å². The summed E-state index contributed by atoms with van der Waals surface area (Å²) in [6.45, 7) is 6.01. The molecule has 0 aromatic heterocycles. The van der Waals surface area contributed by atoms with E-state index in [-0.39, 0.29) is 12.4 Å². The Kier molecular flexibility index (Phi) is 6.01. The number of benzene rings is 1. The monoisotopic (exact) mass is 326 g/mol. The summed E-state index contributed by atoms with van der Waals surface area (Å²) in [4.78, 5) is 2.08. The molecule has 7 heteroatoms. The van der Waals surface area contributed by atoms with Crippen LogP contribution in [0, 0.1) is 5.82 Å². The van der Waals surface area contributed by atoms with Gasteiger partial charge in [-0.05, 0) is 31.5 Å². The van der Waals surface area contributed by atoms with Crippen LogP contribution in [-0.2, 0) is 12.7 Å². The smallest absolute Gasteiger partial charge is 0.309 e. The lowest BCUT2D eigenvalue weighted by atomic mass is 10.1. The first-order valence-electron chi connectivity index (χ1n) is 6.59. The second kappa shape index (κ2) is 6.94. The number of hydrogen-bond donors (Lipinski definition) is 1. The predicted molar refractivity (Wildman–Crippen MR) is 76.0 cm³/mol. The minimum atomic E-state index is -4.65. The van der Waals surface area contributed by atoms with Crippen molar-refractivity contribution in [2.24, 2.45) is 0 Å². The van der Waals surface area contributed by atoms with Crippen molar-refractivity contribution in [2.75, 3.05) is 13.1 Å². The van der Waals surface area contributed by atoms with Crippen LogP contribution in [0.1, 0.15) is 25.0 Å². The van der Waals surface area contributed by atoms with E-state index in [0.717, 1.165) is 25.2 Å². The van der Waals surface area contributed by atoms with Crippen LogP contribution >= 0.6 is 12.4 Å². The molecule has 1 saturated heterocycles. The number of halogens is 5. The van der Waals surface area contributed by atoms with Gasteiger partial charge in [-0.1, -0.05) is 6.07 Å². The molecule has 1 N–H and O–H groups in total. The summed E-state index contributed by atoms with van der Waals surface area (Å²) in [6, 6.07) is 3.81. The van der Waals surface area contributed by atoms with E-state index in [1.54, 1.807) is 0 Å². The molecule has 2 rings (SSSR count). The zero-order valence-electron chi connectivity index (χ0n) is 11.9. The second-order valence-electron chi connectivity index (χ2n) is 5.47. The Balaban J connectivity index is 0.00000220. The number of hydrogen-bond acceptors (Lipinski definition) is 2. The molecule has 0 spiro atoms. The highest BCUT2D eigenvalue weighted by Crippen LogP contribution is 2.32. The first-order valence-corrected chi connectivity index (χ1v) is 6.59. The van der Waals surface area contributed by atoms with Crippen molar-refractivity contribution >= 4 is 12.4 Å². The van der Waals surface area contributed by atoms with Crippen molar-refractivity contribution in [1.82, 2.24) is 10.2 Å². The van der Waals surface area contributed by atoms with Gasteiger partial charge in [0.1, 0.15) is 5.82 Å². The Morgan fingerprint density at radius 3 is 2.29 bits per heavy atom.